The standard InChI is InChI=1S/C49H39NSi/c1-49(2)47-25-15-14-24-45(47)46-33-30-40(35-48(46)49)50(39-27-26-36-16-12-13-17-37(36)34-39)38-28-31-44(32-29-38)51(41-18-6-3-7-19-41,42-20-8-4-9-21-42)43-22-10-5-11-23-43/h3-35H,1-2H3. The molecule has 1 aliphatic rings. The molecule has 0 heterocycles. The highest BCUT2D eigenvalue weighted by atomic mass is 28.3. The molecule has 0 fully saturated rings. The van der Waals surface area contributed by atoms with Gasteiger partial charge in [-0.05, 0) is 90.2 Å². The molecule has 0 amide bonds. The Hall–Kier alpha value is -5.96. The van der Waals surface area contributed by atoms with Crippen molar-refractivity contribution in [3.63, 3.8) is 0 Å². The summed E-state index contributed by atoms with van der Waals surface area (Å²) in [5.74, 6) is 0. The van der Waals surface area contributed by atoms with E-state index in [1.165, 1.54) is 53.8 Å². The van der Waals surface area contributed by atoms with Crippen molar-refractivity contribution < 1.29 is 0 Å². The number of benzene rings is 8. The minimum Gasteiger partial charge on any atom is -0.310 e. The summed E-state index contributed by atoms with van der Waals surface area (Å²) >= 11 is 0. The molecule has 9 rings (SSSR count). The molecule has 0 unspecified atom stereocenters. The van der Waals surface area contributed by atoms with Gasteiger partial charge in [0.15, 0.2) is 8.07 Å². The van der Waals surface area contributed by atoms with Crippen LogP contribution in [0.5, 0.6) is 0 Å². The van der Waals surface area contributed by atoms with Crippen molar-refractivity contribution in [2.24, 2.45) is 0 Å². The van der Waals surface area contributed by atoms with E-state index in [1.54, 1.807) is 0 Å². The number of rotatable bonds is 7. The van der Waals surface area contributed by atoms with Crippen molar-refractivity contribution in [2.45, 2.75) is 19.3 Å². The molecule has 0 saturated heterocycles. The van der Waals surface area contributed by atoms with Crippen LogP contribution in [0.4, 0.5) is 17.1 Å². The maximum atomic E-state index is 2.44. The van der Waals surface area contributed by atoms with Crippen molar-refractivity contribution in [1.29, 1.82) is 0 Å². The minimum absolute atomic E-state index is 0.0902. The van der Waals surface area contributed by atoms with Crippen molar-refractivity contribution in [1.82, 2.24) is 0 Å². The van der Waals surface area contributed by atoms with Gasteiger partial charge >= 0.3 is 0 Å². The summed E-state index contributed by atoms with van der Waals surface area (Å²) in [4.78, 5) is 2.44. The minimum atomic E-state index is -2.64. The molecule has 51 heavy (non-hydrogen) atoms. The van der Waals surface area contributed by atoms with Crippen LogP contribution in [0.15, 0.2) is 200 Å². The molecule has 0 atom stereocenters. The molecular weight excluding hydrogens is 631 g/mol. The zero-order chi connectivity index (χ0) is 34.4. The SMILES string of the molecule is CC1(C)c2ccccc2-c2ccc(N(c3ccc([Si](c4ccccc4)(c4ccccc4)c4ccccc4)cc3)c3ccc4ccccc4c3)cc21. The van der Waals surface area contributed by atoms with E-state index < -0.39 is 8.07 Å². The van der Waals surface area contributed by atoms with Crippen LogP contribution < -0.4 is 25.6 Å². The predicted molar refractivity (Wildman–Crippen MR) is 220 cm³/mol. The van der Waals surface area contributed by atoms with E-state index in [2.05, 4.69) is 219 Å². The van der Waals surface area contributed by atoms with Gasteiger partial charge in [-0.25, -0.2) is 0 Å². The van der Waals surface area contributed by atoms with E-state index in [-0.39, 0.29) is 5.41 Å². The summed E-state index contributed by atoms with van der Waals surface area (Å²) in [6.45, 7) is 4.72. The fraction of sp³-hybridized carbons (Fsp3) is 0.0612. The summed E-state index contributed by atoms with van der Waals surface area (Å²) in [7, 11) is -2.64. The molecule has 1 nitrogen and oxygen atoms in total. The Morgan fingerprint density at radius 3 is 1.43 bits per heavy atom. The van der Waals surface area contributed by atoms with E-state index in [1.807, 2.05) is 0 Å². The Balaban J connectivity index is 1.24. The number of nitrogens with zero attached hydrogens (tertiary/aromatic N) is 1. The molecule has 1 aliphatic carbocycles. The molecule has 8 aromatic rings. The molecule has 0 bridgehead atoms. The van der Waals surface area contributed by atoms with Crippen molar-refractivity contribution in [3.05, 3.63) is 211 Å². The summed E-state index contributed by atoms with van der Waals surface area (Å²) < 4.78 is 0. The van der Waals surface area contributed by atoms with Gasteiger partial charge in [0.1, 0.15) is 0 Å². The van der Waals surface area contributed by atoms with Crippen LogP contribution in [0.1, 0.15) is 25.0 Å². The molecular formula is C49H39NSi. The van der Waals surface area contributed by atoms with Gasteiger partial charge in [0, 0.05) is 22.5 Å². The van der Waals surface area contributed by atoms with Gasteiger partial charge in [-0.2, -0.15) is 0 Å². The first-order valence-corrected chi connectivity index (χ1v) is 19.9. The zero-order valence-electron chi connectivity index (χ0n) is 29.0. The molecule has 244 valence electrons. The second-order valence-electron chi connectivity index (χ2n) is 14.2. The molecule has 0 N–H and O–H groups in total. The molecule has 0 spiro atoms. The largest absolute Gasteiger partial charge is 0.310 e. The average molecular weight is 670 g/mol. The van der Waals surface area contributed by atoms with Crippen molar-refractivity contribution in [2.75, 3.05) is 4.90 Å². The van der Waals surface area contributed by atoms with Gasteiger partial charge in [0.25, 0.3) is 0 Å². The van der Waals surface area contributed by atoms with Crippen LogP contribution in [0, 0.1) is 0 Å². The molecule has 8 aromatic carbocycles. The van der Waals surface area contributed by atoms with Crippen LogP contribution >= 0.6 is 0 Å². The lowest BCUT2D eigenvalue weighted by atomic mass is 9.82. The first-order valence-electron chi connectivity index (χ1n) is 17.9. The van der Waals surface area contributed by atoms with E-state index in [4.69, 9.17) is 0 Å². The first-order chi connectivity index (χ1) is 25.0. The molecule has 0 saturated carbocycles. The Bertz CT molecular complexity index is 2390. The lowest BCUT2D eigenvalue weighted by molar-refractivity contribution is 0.660. The highest BCUT2D eigenvalue weighted by Crippen LogP contribution is 2.50. The third kappa shape index (κ3) is 5.06. The third-order valence-electron chi connectivity index (χ3n) is 11.0. The summed E-state index contributed by atoms with van der Waals surface area (Å²) in [5.41, 5.74) is 8.79. The first kappa shape index (κ1) is 31.0. The molecule has 0 aromatic heterocycles. The number of anilines is 3. The highest BCUT2D eigenvalue weighted by molar-refractivity contribution is 7.19. The Kier molecular flexibility index (Phi) is 7.56. The van der Waals surface area contributed by atoms with Crippen LogP contribution in [-0.4, -0.2) is 8.07 Å². The third-order valence-corrected chi connectivity index (χ3v) is 15.8. The fourth-order valence-electron chi connectivity index (χ4n) is 8.52. The second-order valence-corrected chi connectivity index (χ2v) is 18.0. The highest BCUT2D eigenvalue weighted by Gasteiger charge is 2.41. The summed E-state index contributed by atoms with van der Waals surface area (Å²) in [5, 5.41) is 7.96. The van der Waals surface area contributed by atoms with Crippen molar-refractivity contribution >= 4 is 56.7 Å². The maximum absolute atomic E-state index is 2.64. The van der Waals surface area contributed by atoms with Gasteiger partial charge < -0.3 is 4.90 Å². The topological polar surface area (TPSA) is 3.24 Å². The Labute approximate surface area is 302 Å². The lowest BCUT2D eigenvalue weighted by Gasteiger charge is -2.35. The number of hydrogen-bond donors (Lipinski definition) is 0. The van der Waals surface area contributed by atoms with E-state index in [0.717, 1.165) is 17.1 Å². The van der Waals surface area contributed by atoms with Gasteiger partial charge in [0.2, 0.25) is 0 Å². The number of fused-ring (bicyclic) bond motifs is 4. The second kappa shape index (κ2) is 12.4. The molecule has 0 aliphatic heterocycles. The van der Waals surface area contributed by atoms with Crippen LogP contribution in [0.3, 0.4) is 0 Å². The van der Waals surface area contributed by atoms with Gasteiger partial charge in [-0.1, -0.05) is 178 Å². The fourth-order valence-corrected chi connectivity index (χ4v) is 13.3. The average Bonchev–Trinajstić information content (AvgIpc) is 3.42. The van der Waals surface area contributed by atoms with E-state index in [0.29, 0.717) is 0 Å². The predicted octanol–water partition coefficient (Wildman–Crippen LogP) is 9.99. The van der Waals surface area contributed by atoms with E-state index in [9.17, 15) is 0 Å². The Morgan fingerprint density at radius 2 is 0.804 bits per heavy atom. The Morgan fingerprint density at radius 1 is 0.353 bits per heavy atom. The zero-order valence-corrected chi connectivity index (χ0v) is 30.0. The number of hydrogen-bond acceptors (Lipinski definition) is 1. The van der Waals surface area contributed by atoms with Crippen molar-refractivity contribution in [3.8, 4) is 11.1 Å². The quantitative estimate of drug-likeness (QED) is 0.121. The van der Waals surface area contributed by atoms with Crippen LogP contribution in [0.25, 0.3) is 21.9 Å². The molecule has 2 heteroatoms. The van der Waals surface area contributed by atoms with E-state index >= 15 is 0 Å². The maximum Gasteiger partial charge on any atom is 0.179 e. The van der Waals surface area contributed by atoms with Gasteiger partial charge in [-0.3, -0.25) is 0 Å². The van der Waals surface area contributed by atoms with Crippen LogP contribution in [-0.2, 0) is 5.41 Å². The van der Waals surface area contributed by atoms with Crippen LogP contribution in [0.2, 0.25) is 0 Å². The smallest absolute Gasteiger partial charge is 0.179 e. The normalized spacial score (nSPS) is 13.1. The van der Waals surface area contributed by atoms with Gasteiger partial charge in [-0.15, -0.1) is 0 Å². The molecule has 0 radical (unpaired) electrons. The van der Waals surface area contributed by atoms with Gasteiger partial charge in [0.05, 0.1) is 0 Å². The summed E-state index contributed by atoms with van der Waals surface area (Å²) in [6, 6.07) is 74.3. The summed E-state index contributed by atoms with van der Waals surface area (Å²) in [6.07, 6.45) is 0. The lowest BCUT2D eigenvalue weighted by Crippen LogP contribution is -2.74. The monoisotopic (exact) mass is 669 g/mol.